The zero-order chi connectivity index (χ0) is 7.28. The van der Waals surface area contributed by atoms with Gasteiger partial charge in [0.05, 0.1) is 0 Å². The van der Waals surface area contributed by atoms with E-state index in [0.717, 1.165) is 0 Å². The maximum atomic E-state index is 10.4. The molecule has 54 valence electrons. The first-order valence-corrected chi connectivity index (χ1v) is 3.12. The van der Waals surface area contributed by atoms with Gasteiger partial charge in [0.2, 0.25) is 0 Å². The summed E-state index contributed by atoms with van der Waals surface area (Å²) in [6, 6.07) is -0.632. The summed E-state index contributed by atoms with van der Waals surface area (Å²) in [5.41, 5.74) is 5.23. The first kappa shape index (κ1) is 8.74. The van der Waals surface area contributed by atoms with Gasteiger partial charge in [0, 0.05) is 0 Å². The van der Waals surface area contributed by atoms with Gasteiger partial charge in [-0.1, -0.05) is 0 Å². The molecule has 0 rings (SSSR count). The number of nitrogens with two attached hydrogens (primary N) is 2. The lowest BCUT2D eigenvalue weighted by Gasteiger charge is -2.04. The van der Waals surface area contributed by atoms with E-state index in [2.05, 4.69) is 23.4 Å². The fourth-order valence-electron chi connectivity index (χ4n) is 0.344. The molecular formula is C4H10N2O2S. The fourth-order valence-corrected chi connectivity index (χ4v) is 0.623. The van der Waals surface area contributed by atoms with Crippen molar-refractivity contribution in [3.8, 4) is 0 Å². The monoisotopic (exact) mass is 150 g/mol. The number of hydrogen-bond donors (Lipinski definition) is 3. The second-order valence-corrected chi connectivity index (χ2v) is 2.00. The molecule has 1 atom stereocenters. The maximum Gasteiger partial charge on any atom is 0.341 e. The van der Waals surface area contributed by atoms with E-state index < -0.39 is 12.0 Å². The molecule has 9 heavy (non-hydrogen) atoms. The van der Waals surface area contributed by atoms with Crippen LogP contribution in [0.15, 0.2) is 0 Å². The van der Waals surface area contributed by atoms with E-state index in [1.807, 2.05) is 0 Å². The predicted octanol–water partition coefficient (Wildman–Crippen LogP) is -0.950. The Morgan fingerprint density at radius 2 is 2.33 bits per heavy atom. The Kier molecular flexibility index (Phi) is 4.47. The summed E-state index contributed by atoms with van der Waals surface area (Å²) in [6.07, 6.45) is 0.485. The van der Waals surface area contributed by atoms with Crippen LogP contribution in [0.2, 0.25) is 0 Å². The molecule has 0 saturated carbocycles. The Morgan fingerprint density at radius 3 is 2.67 bits per heavy atom. The molecule has 0 aromatic carbocycles. The van der Waals surface area contributed by atoms with Gasteiger partial charge >= 0.3 is 5.97 Å². The number of carbonyl (C=O) groups excluding carboxylic acids is 1. The van der Waals surface area contributed by atoms with Crippen molar-refractivity contribution in [2.75, 3.05) is 5.75 Å². The van der Waals surface area contributed by atoms with Gasteiger partial charge in [-0.25, -0.2) is 4.79 Å². The molecular weight excluding hydrogens is 140 g/mol. The highest BCUT2D eigenvalue weighted by Crippen LogP contribution is 1.91. The summed E-state index contributed by atoms with van der Waals surface area (Å²) in [4.78, 5) is 14.3. The number of rotatable bonds is 3. The van der Waals surface area contributed by atoms with Gasteiger partial charge in [0.25, 0.3) is 0 Å². The van der Waals surface area contributed by atoms with Gasteiger partial charge in [-0.05, 0) is 12.2 Å². The van der Waals surface area contributed by atoms with Gasteiger partial charge in [0.1, 0.15) is 6.04 Å². The minimum absolute atomic E-state index is 0.485. The molecule has 0 saturated heterocycles. The summed E-state index contributed by atoms with van der Waals surface area (Å²) < 4.78 is 0. The molecule has 0 unspecified atom stereocenters. The Balaban J connectivity index is 3.45. The summed E-state index contributed by atoms with van der Waals surface area (Å²) >= 11 is 3.86. The standard InChI is InChI=1S/C4H10N2O2S/c5-3(1-2-9)4(7)8-6/h3,9H,1-2,5-6H2/t3-/m0/s1. The number of carbonyl (C=O) groups is 1. The minimum Gasteiger partial charge on any atom is -0.372 e. The molecule has 0 aliphatic carbocycles. The molecule has 0 radical (unpaired) electrons. The van der Waals surface area contributed by atoms with Crippen LogP contribution >= 0.6 is 12.6 Å². The summed E-state index contributed by atoms with van der Waals surface area (Å²) in [7, 11) is 0. The van der Waals surface area contributed by atoms with Crippen LogP contribution in [-0.2, 0) is 9.63 Å². The molecule has 0 aromatic heterocycles. The molecule has 0 amide bonds. The van der Waals surface area contributed by atoms with Crippen LogP contribution in [0, 0.1) is 0 Å². The lowest BCUT2D eigenvalue weighted by Crippen LogP contribution is -2.34. The van der Waals surface area contributed by atoms with Crippen LogP contribution in [-0.4, -0.2) is 17.8 Å². The molecule has 0 bridgehead atoms. The fraction of sp³-hybridized carbons (Fsp3) is 0.750. The van der Waals surface area contributed by atoms with Crippen LogP contribution in [0.25, 0.3) is 0 Å². The lowest BCUT2D eigenvalue weighted by molar-refractivity contribution is -0.145. The van der Waals surface area contributed by atoms with Crippen molar-refractivity contribution in [3.05, 3.63) is 0 Å². The minimum atomic E-state index is -0.632. The molecule has 0 aliphatic rings. The Labute approximate surface area is 58.9 Å². The van der Waals surface area contributed by atoms with Crippen molar-refractivity contribution in [1.29, 1.82) is 0 Å². The second-order valence-electron chi connectivity index (χ2n) is 1.56. The second kappa shape index (κ2) is 4.60. The third-order valence-electron chi connectivity index (χ3n) is 0.859. The highest BCUT2D eigenvalue weighted by Gasteiger charge is 2.11. The van der Waals surface area contributed by atoms with Crippen molar-refractivity contribution in [3.63, 3.8) is 0 Å². The third kappa shape index (κ3) is 3.34. The molecule has 0 aromatic rings. The average Bonchev–Trinajstić information content (AvgIpc) is 1.87. The van der Waals surface area contributed by atoms with Gasteiger partial charge < -0.3 is 10.6 Å². The van der Waals surface area contributed by atoms with Crippen LogP contribution < -0.4 is 11.6 Å². The van der Waals surface area contributed by atoms with Crippen molar-refractivity contribution < 1.29 is 9.63 Å². The third-order valence-corrected chi connectivity index (χ3v) is 1.12. The van der Waals surface area contributed by atoms with E-state index in [-0.39, 0.29) is 0 Å². The predicted molar refractivity (Wildman–Crippen MR) is 36.7 cm³/mol. The normalized spacial score (nSPS) is 12.8. The van der Waals surface area contributed by atoms with Gasteiger partial charge in [-0.3, -0.25) is 0 Å². The summed E-state index contributed by atoms with van der Waals surface area (Å²) in [5.74, 6) is 4.51. The van der Waals surface area contributed by atoms with E-state index >= 15 is 0 Å². The topological polar surface area (TPSA) is 78.3 Å². The molecule has 5 heteroatoms. The molecule has 4 nitrogen and oxygen atoms in total. The SMILES string of the molecule is NOC(=O)[C@@H](N)CCS. The van der Waals surface area contributed by atoms with E-state index in [1.54, 1.807) is 0 Å². The van der Waals surface area contributed by atoms with Crippen LogP contribution in [0.5, 0.6) is 0 Å². The first-order valence-electron chi connectivity index (χ1n) is 2.49. The van der Waals surface area contributed by atoms with Crippen molar-refractivity contribution >= 4 is 18.6 Å². The van der Waals surface area contributed by atoms with Crippen LogP contribution in [0.3, 0.4) is 0 Å². The molecule has 0 heterocycles. The van der Waals surface area contributed by atoms with Crippen molar-refractivity contribution in [1.82, 2.24) is 0 Å². The van der Waals surface area contributed by atoms with E-state index in [9.17, 15) is 4.79 Å². The Bertz CT molecular complexity index is 98.6. The summed E-state index contributed by atoms with van der Waals surface area (Å²) in [5, 5.41) is 0. The smallest absolute Gasteiger partial charge is 0.341 e. The van der Waals surface area contributed by atoms with Gasteiger partial charge in [-0.15, -0.1) is 0 Å². The average molecular weight is 150 g/mol. The zero-order valence-electron chi connectivity index (χ0n) is 4.91. The van der Waals surface area contributed by atoms with E-state index in [0.29, 0.717) is 12.2 Å². The highest BCUT2D eigenvalue weighted by atomic mass is 32.1. The van der Waals surface area contributed by atoms with Gasteiger partial charge in [0.15, 0.2) is 0 Å². The first-order chi connectivity index (χ1) is 4.22. The quantitative estimate of drug-likeness (QED) is 0.358. The molecule has 0 aliphatic heterocycles. The molecule has 0 fully saturated rings. The lowest BCUT2D eigenvalue weighted by atomic mass is 10.2. The zero-order valence-corrected chi connectivity index (χ0v) is 5.80. The Hall–Kier alpha value is -0.260. The molecule has 4 N–H and O–H groups in total. The van der Waals surface area contributed by atoms with Crippen molar-refractivity contribution in [2.45, 2.75) is 12.5 Å². The highest BCUT2D eigenvalue weighted by molar-refractivity contribution is 7.80. The van der Waals surface area contributed by atoms with Crippen molar-refractivity contribution in [2.24, 2.45) is 11.6 Å². The maximum absolute atomic E-state index is 10.4. The van der Waals surface area contributed by atoms with Crippen LogP contribution in [0.4, 0.5) is 0 Å². The van der Waals surface area contributed by atoms with Gasteiger partial charge in [-0.2, -0.15) is 18.5 Å². The summed E-state index contributed by atoms with van der Waals surface area (Å²) in [6.45, 7) is 0. The number of hydrogen-bond acceptors (Lipinski definition) is 5. The van der Waals surface area contributed by atoms with E-state index in [1.165, 1.54) is 0 Å². The number of thiol groups is 1. The molecule has 0 spiro atoms. The Morgan fingerprint density at radius 1 is 1.78 bits per heavy atom. The van der Waals surface area contributed by atoms with E-state index in [4.69, 9.17) is 5.73 Å². The largest absolute Gasteiger partial charge is 0.372 e. The van der Waals surface area contributed by atoms with Crippen LogP contribution in [0.1, 0.15) is 6.42 Å².